The lowest BCUT2D eigenvalue weighted by atomic mass is 10.2. The highest BCUT2D eigenvalue weighted by Crippen LogP contribution is 2.24. The van der Waals surface area contributed by atoms with Crippen molar-refractivity contribution in [2.24, 2.45) is 0 Å². The molecule has 0 spiro atoms. The fourth-order valence-electron chi connectivity index (χ4n) is 1.97. The van der Waals surface area contributed by atoms with Gasteiger partial charge in [-0.3, -0.25) is 4.79 Å². The van der Waals surface area contributed by atoms with Gasteiger partial charge in [0.15, 0.2) is 0 Å². The lowest BCUT2D eigenvalue weighted by Crippen LogP contribution is -2.44. The van der Waals surface area contributed by atoms with Crippen LogP contribution in [0.4, 0.5) is 5.82 Å². The molecular weight excluding hydrogens is 250 g/mol. The molecule has 5 nitrogen and oxygen atoms in total. The Morgan fingerprint density at radius 1 is 1.67 bits per heavy atom. The van der Waals surface area contributed by atoms with E-state index in [9.17, 15) is 4.79 Å². The molecule has 1 aliphatic heterocycles. The van der Waals surface area contributed by atoms with Crippen LogP contribution < -0.4 is 4.90 Å². The van der Waals surface area contributed by atoms with Gasteiger partial charge in [-0.15, -0.1) is 0 Å². The summed E-state index contributed by atoms with van der Waals surface area (Å²) in [7, 11) is 0. The molecule has 1 aromatic heterocycles. The number of carbonyl (C=O) groups is 1. The molecule has 1 aromatic rings. The molecule has 0 aliphatic carbocycles. The topological polar surface area (TPSA) is 77.2 Å². The first-order chi connectivity index (χ1) is 8.70. The van der Waals surface area contributed by atoms with Crippen molar-refractivity contribution in [1.29, 1.82) is 5.26 Å². The molecule has 18 heavy (non-hydrogen) atoms. The fraction of sp³-hybridized carbons (Fsp3) is 0.417. The van der Waals surface area contributed by atoms with Crippen LogP contribution in [0.1, 0.15) is 12.1 Å². The Bertz CT molecular complexity index is 486. The number of anilines is 1. The zero-order valence-corrected chi connectivity index (χ0v) is 10.6. The molecular formula is C12H13N3O2S. The SMILES string of the molecule is N#Cc1cccc(N2CCSCC2CC(=O)O)n1. The van der Waals surface area contributed by atoms with E-state index in [1.165, 1.54) is 0 Å². The molecule has 0 bridgehead atoms. The first kappa shape index (κ1) is 12.7. The number of aliphatic carboxylic acids is 1. The molecule has 94 valence electrons. The van der Waals surface area contributed by atoms with E-state index in [2.05, 4.69) is 4.98 Å². The smallest absolute Gasteiger partial charge is 0.305 e. The van der Waals surface area contributed by atoms with Crippen molar-refractivity contribution in [3.63, 3.8) is 0 Å². The number of pyridine rings is 1. The van der Waals surface area contributed by atoms with Crippen LogP contribution in [-0.4, -0.2) is 40.2 Å². The third-order valence-corrected chi connectivity index (χ3v) is 3.87. The van der Waals surface area contributed by atoms with E-state index in [4.69, 9.17) is 10.4 Å². The summed E-state index contributed by atoms with van der Waals surface area (Å²) in [5.41, 5.74) is 0.361. The highest BCUT2D eigenvalue weighted by molar-refractivity contribution is 7.99. The van der Waals surface area contributed by atoms with Gasteiger partial charge in [-0.25, -0.2) is 4.98 Å². The molecule has 6 heteroatoms. The maximum Gasteiger partial charge on any atom is 0.305 e. The molecule has 0 saturated carbocycles. The summed E-state index contributed by atoms with van der Waals surface area (Å²) in [6.45, 7) is 0.768. The quantitative estimate of drug-likeness (QED) is 0.887. The molecule has 0 amide bonds. The standard InChI is InChI=1S/C12H13N3O2S/c13-7-9-2-1-3-11(14-9)15-4-5-18-8-10(15)6-12(16)17/h1-3,10H,4-6,8H2,(H,16,17). The van der Waals surface area contributed by atoms with Crippen LogP contribution in [0.5, 0.6) is 0 Å². The predicted molar refractivity (Wildman–Crippen MR) is 69.7 cm³/mol. The van der Waals surface area contributed by atoms with Crippen LogP contribution >= 0.6 is 11.8 Å². The number of carboxylic acids is 1. The average Bonchev–Trinajstić information content (AvgIpc) is 2.39. The van der Waals surface area contributed by atoms with Gasteiger partial charge in [-0.1, -0.05) is 6.07 Å². The van der Waals surface area contributed by atoms with Gasteiger partial charge < -0.3 is 10.0 Å². The van der Waals surface area contributed by atoms with Gasteiger partial charge in [-0.2, -0.15) is 17.0 Å². The van der Waals surface area contributed by atoms with E-state index in [-0.39, 0.29) is 12.5 Å². The van der Waals surface area contributed by atoms with Gasteiger partial charge in [-0.05, 0) is 12.1 Å². The number of hydrogen-bond acceptors (Lipinski definition) is 5. The third kappa shape index (κ3) is 2.93. The normalized spacial score (nSPS) is 19.3. The Balaban J connectivity index is 2.22. The number of thioether (sulfide) groups is 1. The van der Waals surface area contributed by atoms with Crippen molar-refractivity contribution in [3.8, 4) is 6.07 Å². The molecule has 1 fully saturated rings. The number of nitriles is 1. The molecule has 1 atom stereocenters. The Morgan fingerprint density at radius 2 is 2.50 bits per heavy atom. The van der Waals surface area contributed by atoms with E-state index >= 15 is 0 Å². The van der Waals surface area contributed by atoms with Crippen molar-refractivity contribution >= 4 is 23.5 Å². The van der Waals surface area contributed by atoms with Gasteiger partial charge in [0.2, 0.25) is 0 Å². The second kappa shape index (κ2) is 5.74. The molecule has 1 aliphatic rings. The summed E-state index contributed by atoms with van der Waals surface area (Å²) in [5, 5.41) is 17.8. The molecule has 1 unspecified atom stereocenters. The van der Waals surface area contributed by atoms with Crippen LogP contribution in [0.3, 0.4) is 0 Å². The second-order valence-electron chi connectivity index (χ2n) is 4.01. The summed E-state index contributed by atoms with van der Waals surface area (Å²) in [4.78, 5) is 17.1. The van der Waals surface area contributed by atoms with Gasteiger partial charge in [0, 0.05) is 24.1 Å². The monoisotopic (exact) mass is 263 g/mol. The van der Waals surface area contributed by atoms with Crippen LogP contribution in [-0.2, 0) is 4.79 Å². The molecule has 0 aromatic carbocycles. The average molecular weight is 263 g/mol. The lowest BCUT2D eigenvalue weighted by Gasteiger charge is -2.35. The molecule has 0 radical (unpaired) electrons. The first-order valence-electron chi connectivity index (χ1n) is 5.64. The van der Waals surface area contributed by atoms with E-state index in [0.717, 1.165) is 18.1 Å². The van der Waals surface area contributed by atoms with E-state index in [1.807, 2.05) is 17.0 Å². The predicted octanol–water partition coefficient (Wildman–Crippen LogP) is 1.35. The Kier molecular flexibility index (Phi) is 4.05. The van der Waals surface area contributed by atoms with E-state index in [0.29, 0.717) is 11.5 Å². The second-order valence-corrected chi connectivity index (χ2v) is 5.16. The van der Waals surface area contributed by atoms with Crippen LogP contribution in [0.2, 0.25) is 0 Å². The fourth-order valence-corrected chi connectivity index (χ4v) is 3.03. The van der Waals surface area contributed by atoms with Crippen molar-refractivity contribution < 1.29 is 9.90 Å². The molecule has 1 saturated heterocycles. The maximum atomic E-state index is 10.9. The van der Waals surface area contributed by atoms with Gasteiger partial charge >= 0.3 is 5.97 Å². The summed E-state index contributed by atoms with van der Waals surface area (Å²) >= 11 is 1.76. The van der Waals surface area contributed by atoms with Crippen molar-refractivity contribution in [2.75, 3.05) is 23.0 Å². The minimum absolute atomic E-state index is 0.0531. The van der Waals surface area contributed by atoms with Crippen LogP contribution in [0.25, 0.3) is 0 Å². The summed E-state index contributed by atoms with van der Waals surface area (Å²) in [6.07, 6.45) is 0.103. The highest BCUT2D eigenvalue weighted by atomic mass is 32.2. The van der Waals surface area contributed by atoms with Crippen molar-refractivity contribution in [1.82, 2.24) is 4.98 Å². The van der Waals surface area contributed by atoms with Gasteiger partial charge in [0.05, 0.1) is 6.42 Å². The molecule has 2 rings (SSSR count). The van der Waals surface area contributed by atoms with Crippen LogP contribution in [0, 0.1) is 11.3 Å². The largest absolute Gasteiger partial charge is 0.481 e. The first-order valence-corrected chi connectivity index (χ1v) is 6.79. The summed E-state index contributed by atoms with van der Waals surface area (Å²) in [6, 6.07) is 7.20. The van der Waals surface area contributed by atoms with Crippen molar-refractivity contribution in [3.05, 3.63) is 23.9 Å². The lowest BCUT2D eigenvalue weighted by molar-refractivity contribution is -0.137. The van der Waals surface area contributed by atoms with Crippen molar-refractivity contribution in [2.45, 2.75) is 12.5 Å². The Hall–Kier alpha value is -1.74. The zero-order valence-electron chi connectivity index (χ0n) is 9.74. The third-order valence-electron chi connectivity index (χ3n) is 2.78. The summed E-state index contributed by atoms with van der Waals surface area (Å²) < 4.78 is 0. The Morgan fingerprint density at radius 3 is 3.22 bits per heavy atom. The number of nitrogens with zero attached hydrogens (tertiary/aromatic N) is 3. The van der Waals surface area contributed by atoms with E-state index < -0.39 is 5.97 Å². The number of hydrogen-bond donors (Lipinski definition) is 1. The zero-order chi connectivity index (χ0) is 13.0. The summed E-state index contributed by atoms with van der Waals surface area (Å²) in [5.74, 6) is 1.63. The maximum absolute atomic E-state index is 10.9. The minimum atomic E-state index is -0.802. The molecule has 2 heterocycles. The van der Waals surface area contributed by atoms with Gasteiger partial charge in [0.25, 0.3) is 0 Å². The van der Waals surface area contributed by atoms with Gasteiger partial charge in [0.1, 0.15) is 17.6 Å². The number of aromatic nitrogens is 1. The molecule has 1 N–H and O–H groups in total. The van der Waals surface area contributed by atoms with Crippen LogP contribution in [0.15, 0.2) is 18.2 Å². The number of rotatable bonds is 3. The Labute approximate surface area is 109 Å². The minimum Gasteiger partial charge on any atom is -0.481 e. The number of carboxylic acid groups (broad SMARTS) is 1. The van der Waals surface area contributed by atoms with E-state index in [1.54, 1.807) is 23.9 Å². The highest BCUT2D eigenvalue weighted by Gasteiger charge is 2.26.